The summed E-state index contributed by atoms with van der Waals surface area (Å²) in [6, 6.07) is -2.59. The maximum Gasteiger partial charge on any atom is 0.408 e. The van der Waals surface area contributed by atoms with E-state index in [1.54, 1.807) is 20.8 Å². The number of rotatable bonds is 6. The van der Waals surface area contributed by atoms with Crippen LogP contribution in [0.15, 0.2) is 0 Å². The summed E-state index contributed by atoms with van der Waals surface area (Å²) < 4.78 is 10.5. The van der Waals surface area contributed by atoms with Gasteiger partial charge in [-0.1, -0.05) is 0 Å². The molecule has 0 aliphatic carbocycles. The Balaban J connectivity index is 2.64. The monoisotopic (exact) mass is 387 g/mol. The molecule has 1 aliphatic heterocycles. The number of carbonyl (C=O) groups is 4. The van der Waals surface area contributed by atoms with Gasteiger partial charge in [0.2, 0.25) is 5.91 Å². The SMILES string of the molecule is C[C@@H](NC(=O)[C@H]1OCCC[C@@H]1NC(=O)[C@@H](C)NC(=O)OC(C)(C)C)C(=O)O. The third-order valence-corrected chi connectivity index (χ3v) is 3.76. The van der Waals surface area contributed by atoms with Crippen molar-refractivity contribution >= 4 is 23.9 Å². The van der Waals surface area contributed by atoms with Crippen molar-refractivity contribution in [2.45, 2.75) is 77.3 Å². The first-order valence-corrected chi connectivity index (χ1v) is 8.85. The van der Waals surface area contributed by atoms with E-state index in [0.29, 0.717) is 19.4 Å². The first-order valence-electron chi connectivity index (χ1n) is 8.85. The van der Waals surface area contributed by atoms with Crippen LogP contribution in [0.2, 0.25) is 0 Å². The van der Waals surface area contributed by atoms with E-state index in [4.69, 9.17) is 14.6 Å². The summed E-state index contributed by atoms with van der Waals surface area (Å²) in [7, 11) is 0. The Labute approximate surface area is 158 Å². The highest BCUT2D eigenvalue weighted by Gasteiger charge is 2.35. The Kier molecular flexibility index (Phi) is 8.01. The lowest BCUT2D eigenvalue weighted by atomic mass is 10.0. The van der Waals surface area contributed by atoms with Crippen molar-refractivity contribution in [3.63, 3.8) is 0 Å². The zero-order chi connectivity index (χ0) is 20.8. The summed E-state index contributed by atoms with van der Waals surface area (Å²) in [5, 5.41) is 16.3. The molecule has 0 aromatic carbocycles. The van der Waals surface area contributed by atoms with Crippen LogP contribution in [0.3, 0.4) is 0 Å². The van der Waals surface area contributed by atoms with E-state index in [9.17, 15) is 19.2 Å². The van der Waals surface area contributed by atoms with Gasteiger partial charge in [-0.3, -0.25) is 14.4 Å². The number of hydrogen-bond donors (Lipinski definition) is 4. The molecule has 10 heteroatoms. The van der Waals surface area contributed by atoms with Gasteiger partial charge in [0.15, 0.2) is 6.10 Å². The van der Waals surface area contributed by atoms with E-state index in [-0.39, 0.29) is 0 Å². The third-order valence-electron chi connectivity index (χ3n) is 3.76. The molecular formula is C17H29N3O7. The number of aliphatic carboxylic acids is 1. The lowest BCUT2D eigenvalue weighted by molar-refractivity contribution is -0.146. The quantitative estimate of drug-likeness (QED) is 0.508. The summed E-state index contributed by atoms with van der Waals surface area (Å²) >= 11 is 0. The van der Waals surface area contributed by atoms with Gasteiger partial charge in [-0.2, -0.15) is 0 Å². The van der Waals surface area contributed by atoms with Crippen LogP contribution in [0, 0.1) is 0 Å². The maximum atomic E-state index is 12.3. The van der Waals surface area contributed by atoms with Gasteiger partial charge in [0, 0.05) is 6.61 Å². The van der Waals surface area contributed by atoms with E-state index in [1.807, 2.05) is 0 Å². The standard InChI is InChI=1S/C17H29N3O7/c1-9(19-16(25)27-17(3,4)5)13(21)20-11-7-6-8-26-12(11)14(22)18-10(2)15(23)24/h9-12H,6-8H2,1-5H3,(H,18,22)(H,19,25)(H,20,21)(H,23,24)/t9-,10-,11+,12+/m1/s1. The van der Waals surface area contributed by atoms with Gasteiger partial charge in [0.1, 0.15) is 17.7 Å². The minimum Gasteiger partial charge on any atom is -0.480 e. The molecule has 0 saturated carbocycles. The number of alkyl carbamates (subject to hydrolysis) is 1. The van der Waals surface area contributed by atoms with Crippen molar-refractivity contribution in [1.82, 2.24) is 16.0 Å². The Hall–Kier alpha value is -2.36. The number of carbonyl (C=O) groups excluding carboxylic acids is 3. The molecule has 1 saturated heterocycles. The molecule has 154 valence electrons. The fourth-order valence-corrected chi connectivity index (χ4v) is 2.40. The molecule has 3 amide bonds. The van der Waals surface area contributed by atoms with Gasteiger partial charge in [-0.15, -0.1) is 0 Å². The zero-order valence-corrected chi connectivity index (χ0v) is 16.3. The second-order valence-electron chi connectivity index (χ2n) is 7.49. The molecule has 0 bridgehead atoms. The van der Waals surface area contributed by atoms with E-state index in [2.05, 4.69) is 16.0 Å². The van der Waals surface area contributed by atoms with Crippen molar-refractivity contribution in [1.29, 1.82) is 0 Å². The largest absolute Gasteiger partial charge is 0.480 e. The summed E-state index contributed by atoms with van der Waals surface area (Å²) in [5.41, 5.74) is -0.693. The number of carboxylic acids is 1. The average molecular weight is 387 g/mol. The van der Waals surface area contributed by atoms with Crippen LogP contribution >= 0.6 is 0 Å². The Morgan fingerprint density at radius 2 is 1.74 bits per heavy atom. The first kappa shape index (κ1) is 22.7. The molecule has 1 rings (SSSR count). The molecule has 10 nitrogen and oxygen atoms in total. The van der Waals surface area contributed by atoms with Crippen LogP contribution in [0.5, 0.6) is 0 Å². The van der Waals surface area contributed by atoms with Crippen molar-refractivity contribution in [2.24, 2.45) is 0 Å². The van der Waals surface area contributed by atoms with Gasteiger partial charge < -0.3 is 30.5 Å². The summed E-state index contributed by atoms with van der Waals surface area (Å²) in [5.74, 6) is -2.28. The van der Waals surface area contributed by atoms with Gasteiger partial charge in [0.25, 0.3) is 5.91 Å². The highest BCUT2D eigenvalue weighted by atomic mass is 16.6. The minimum absolute atomic E-state index is 0.331. The molecule has 4 atom stereocenters. The van der Waals surface area contributed by atoms with E-state index in [0.717, 1.165) is 0 Å². The molecular weight excluding hydrogens is 358 g/mol. The Bertz CT molecular complexity index is 573. The van der Waals surface area contributed by atoms with Crippen molar-refractivity contribution in [3.05, 3.63) is 0 Å². The second kappa shape index (κ2) is 9.54. The number of nitrogens with one attached hydrogen (secondary N) is 3. The van der Waals surface area contributed by atoms with Crippen molar-refractivity contribution in [3.8, 4) is 0 Å². The number of hydrogen-bond acceptors (Lipinski definition) is 6. The average Bonchev–Trinajstić information content (AvgIpc) is 2.53. The highest BCUT2D eigenvalue weighted by Crippen LogP contribution is 2.15. The molecule has 1 aliphatic rings. The molecule has 1 heterocycles. The fourth-order valence-electron chi connectivity index (χ4n) is 2.40. The van der Waals surface area contributed by atoms with Crippen LogP contribution in [0.1, 0.15) is 47.5 Å². The predicted molar refractivity (Wildman–Crippen MR) is 95.0 cm³/mol. The van der Waals surface area contributed by atoms with Crippen molar-refractivity contribution in [2.75, 3.05) is 6.61 Å². The second-order valence-corrected chi connectivity index (χ2v) is 7.49. The molecule has 0 radical (unpaired) electrons. The Morgan fingerprint density at radius 1 is 1.11 bits per heavy atom. The van der Waals surface area contributed by atoms with Gasteiger partial charge in [0.05, 0.1) is 6.04 Å². The van der Waals surface area contributed by atoms with Crippen LogP contribution in [-0.4, -0.2) is 65.4 Å². The number of amides is 3. The number of carboxylic acid groups (broad SMARTS) is 1. The third kappa shape index (κ3) is 7.81. The molecule has 0 unspecified atom stereocenters. The summed E-state index contributed by atoms with van der Waals surface area (Å²) in [4.78, 5) is 47.3. The van der Waals surface area contributed by atoms with Crippen LogP contribution in [-0.2, 0) is 23.9 Å². The van der Waals surface area contributed by atoms with E-state index < -0.39 is 53.7 Å². The van der Waals surface area contributed by atoms with Crippen molar-refractivity contribution < 1.29 is 33.8 Å². The molecule has 27 heavy (non-hydrogen) atoms. The zero-order valence-electron chi connectivity index (χ0n) is 16.3. The highest BCUT2D eigenvalue weighted by molar-refractivity contribution is 5.89. The smallest absolute Gasteiger partial charge is 0.408 e. The topological polar surface area (TPSA) is 143 Å². The Morgan fingerprint density at radius 3 is 2.30 bits per heavy atom. The molecule has 0 aromatic rings. The van der Waals surface area contributed by atoms with Crippen LogP contribution in [0.25, 0.3) is 0 Å². The predicted octanol–water partition coefficient (Wildman–Crippen LogP) is 0.153. The first-order chi connectivity index (χ1) is 12.4. The van der Waals surface area contributed by atoms with E-state index >= 15 is 0 Å². The van der Waals surface area contributed by atoms with Gasteiger partial charge in [-0.05, 0) is 47.5 Å². The molecule has 4 N–H and O–H groups in total. The minimum atomic E-state index is -1.17. The van der Waals surface area contributed by atoms with E-state index in [1.165, 1.54) is 13.8 Å². The number of ether oxygens (including phenoxy) is 2. The summed E-state index contributed by atoms with van der Waals surface area (Å²) in [6.07, 6.45) is -0.602. The lowest BCUT2D eigenvalue weighted by Gasteiger charge is -2.32. The summed E-state index contributed by atoms with van der Waals surface area (Å²) in [6.45, 7) is 8.28. The maximum absolute atomic E-state index is 12.3. The van der Waals surface area contributed by atoms with Gasteiger partial charge in [-0.25, -0.2) is 4.79 Å². The normalized spacial score (nSPS) is 22.1. The molecule has 0 spiro atoms. The molecule has 1 fully saturated rings. The van der Waals surface area contributed by atoms with Crippen LogP contribution in [0.4, 0.5) is 4.79 Å². The van der Waals surface area contributed by atoms with Gasteiger partial charge >= 0.3 is 12.1 Å². The molecule has 0 aromatic heterocycles. The lowest BCUT2D eigenvalue weighted by Crippen LogP contribution is -2.58. The van der Waals surface area contributed by atoms with Crippen LogP contribution < -0.4 is 16.0 Å². The fraction of sp³-hybridized carbons (Fsp3) is 0.765.